The number of nitriles is 1. The Kier molecular flexibility index (Phi) is 7.30. The molecule has 23 heavy (non-hydrogen) atoms. The fourth-order valence-electron chi connectivity index (χ4n) is 2.13. The van der Waals surface area contributed by atoms with Crippen LogP contribution >= 0.6 is 0 Å². The molecule has 0 radical (unpaired) electrons. The lowest BCUT2D eigenvalue weighted by atomic mass is 10.1. The topological polar surface area (TPSA) is 76.4 Å². The predicted molar refractivity (Wildman–Crippen MR) is 91.6 cm³/mol. The number of phenolic OH excluding ortho intramolecular Hbond substituents is 1. The van der Waals surface area contributed by atoms with Gasteiger partial charge in [-0.25, -0.2) is 0 Å². The summed E-state index contributed by atoms with van der Waals surface area (Å²) in [5.41, 5.74) is 0.744. The van der Waals surface area contributed by atoms with E-state index in [1.165, 1.54) is 18.2 Å². The van der Waals surface area contributed by atoms with Crippen molar-refractivity contribution in [2.75, 3.05) is 20.1 Å². The van der Waals surface area contributed by atoms with Crippen molar-refractivity contribution >= 4 is 12.0 Å². The summed E-state index contributed by atoms with van der Waals surface area (Å²) < 4.78 is 0. The summed E-state index contributed by atoms with van der Waals surface area (Å²) >= 11 is 0. The van der Waals surface area contributed by atoms with Crippen molar-refractivity contribution in [3.63, 3.8) is 0 Å². The Morgan fingerprint density at radius 2 is 1.96 bits per heavy atom. The highest BCUT2D eigenvalue weighted by molar-refractivity contribution is 6.01. The largest absolute Gasteiger partial charge is 0.508 e. The van der Waals surface area contributed by atoms with Crippen LogP contribution in [0.2, 0.25) is 0 Å². The monoisotopic (exact) mass is 315 g/mol. The van der Waals surface area contributed by atoms with Gasteiger partial charge < -0.3 is 15.3 Å². The summed E-state index contributed by atoms with van der Waals surface area (Å²) in [5, 5.41) is 21.2. The molecule has 1 aromatic rings. The lowest BCUT2D eigenvalue weighted by Crippen LogP contribution is -2.41. The first-order valence-electron chi connectivity index (χ1n) is 7.72. The van der Waals surface area contributed by atoms with Gasteiger partial charge in [0.05, 0.1) is 0 Å². The molecule has 0 saturated heterocycles. The molecule has 1 unspecified atom stereocenters. The molecule has 1 rings (SSSR count). The molecule has 0 aliphatic heterocycles. The second kappa shape index (κ2) is 8.96. The minimum Gasteiger partial charge on any atom is -0.508 e. The molecule has 1 amide bonds. The van der Waals surface area contributed by atoms with Crippen LogP contribution in [-0.2, 0) is 4.79 Å². The molecule has 2 N–H and O–H groups in total. The maximum atomic E-state index is 12.1. The van der Waals surface area contributed by atoms with Crippen molar-refractivity contribution in [1.82, 2.24) is 10.2 Å². The van der Waals surface area contributed by atoms with Crippen molar-refractivity contribution in [2.24, 2.45) is 5.92 Å². The van der Waals surface area contributed by atoms with Gasteiger partial charge in [0.15, 0.2) is 0 Å². The van der Waals surface area contributed by atoms with Crippen LogP contribution in [0.3, 0.4) is 0 Å². The van der Waals surface area contributed by atoms with Crippen molar-refractivity contribution in [2.45, 2.75) is 26.8 Å². The van der Waals surface area contributed by atoms with Gasteiger partial charge in [-0.05, 0) is 43.7 Å². The summed E-state index contributed by atoms with van der Waals surface area (Å²) in [6, 6.07) is 8.45. The Labute approximate surface area is 138 Å². The number of carbonyl (C=O) groups is 1. The van der Waals surface area contributed by atoms with Gasteiger partial charge in [0.1, 0.15) is 17.4 Å². The normalized spacial score (nSPS) is 13.0. The molecular formula is C18H25N3O2. The fraction of sp³-hybridized carbons (Fsp3) is 0.444. The number of rotatable bonds is 7. The average molecular weight is 315 g/mol. The summed E-state index contributed by atoms with van der Waals surface area (Å²) in [5.74, 6) is 0.319. The van der Waals surface area contributed by atoms with Gasteiger partial charge in [-0.15, -0.1) is 0 Å². The van der Waals surface area contributed by atoms with Crippen LogP contribution in [0.15, 0.2) is 29.8 Å². The molecular weight excluding hydrogens is 290 g/mol. The Hall–Kier alpha value is -2.32. The maximum Gasteiger partial charge on any atom is 0.262 e. The standard InChI is InChI=1S/C18H25N3O2/c1-13(2)12-21(4)14(3)11-20-18(23)16(10-19)9-15-5-7-17(22)8-6-15/h5-9,13-14,22H,11-12H2,1-4H3,(H,20,23)/b16-9+. The Morgan fingerprint density at radius 3 is 2.48 bits per heavy atom. The van der Waals surface area contributed by atoms with Crippen LogP contribution < -0.4 is 5.32 Å². The predicted octanol–water partition coefficient (Wildman–Crippen LogP) is 2.39. The Bertz CT molecular complexity index is 585. The van der Waals surface area contributed by atoms with Gasteiger partial charge in [-0.1, -0.05) is 26.0 Å². The highest BCUT2D eigenvalue weighted by Gasteiger charge is 2.14. The number of hydrogen-bond donors (Lipinski definition) is 2. The van der Waals surface area contributed by atoms with E-state index in [0.29, 0.717) is 18.0 Å². The van der Waals surface area contributed by atoms with Gasteiger partial charge in [-0.3, -0.25) is 4.79 Å². The molecule has 0 aliphatic carbocycles. The van der Waals surface area contributed by atoms with Crippen LogP contribution in [-0.4, -0.2) is 42.1 Å². The average Bonchev–Trinajstić information content (AvgIpc) is 2.50. The molecule has 0 fully saturated rings. The van der Waals surface area contributed by atoms with E-state index in [4.69, 9.17) is 5.26 Å². The molecule has 0 bridgehead atoms. The van der Waals surface area contributed by atoms with Crippen molar-refractivity contribution in [3.05, 3.63) is 35.4 Å². The highest BCUT2D eigenvalue weighted by Crippen LogP contribution is 2.12. The van der Waals surface area contributed by atoms with E-state index < -0.39 is 0 Å². The summed E-state index contributed by atoms with van der Waals surface area (Å²) in [7, 11) is 2.02. The van der Waals surface area contributed by atoms with E-state index in [0.717, 1.165) is 6.54 Å². The number of nitrogens with zero attached hydrogens (tertiary/aromatic N) is 2. The number of nitrogens with one attached hydrogen (secondary N) is 1. The molecule has 124 valence electrons. The third kappa shape index (κ3) is 6.54. The first kappa shape index (κ1) is 18.7. The fourth-order valence-corrected chi connectivity index (χ4v) is 2.13. The molecule has 0 spiro atoms. The zero-order valence-corrected chi connectivity index (χ0v) is 14.2. The zero-order chi connectivity index (χ0) is 17.4. The summed E-state index contributed by atoms with van der Waals surface area (Å²) in [6.45, 7) is 7.77. The van der Waals surface area contributed by atoms with Crippen molar-refractivity contribution < 1.29 is 9.90 Å². The molecule has 0 aromatic heterocycles. The lowest BCUT2D eigenvalue weighted by molar-refractivity contribution is -0.117. The number of hydrogen-bond acceptors (Lipinski definition) is 4. The van der Waals surface area contributed by atoms with E-state index in [-0.39, 0.29) is 23.3 Å². The van der Waals surface area contributed by atoms with Crippen LogP contribution in [0.4, 0.5) is 0 Å². The van der Waals surface area contributed by atoms with Crippen molar-refractivity contribution in [3.8, 4) is 11.8 Å². The van der Waals surface area contributed by atoms with Crippen LogP contribution in [0, 0.1) is 17.2 Å². The quantitative estimate of drug-likeness (QED) is 0.598. The van der Waals surface area contributed by atoms with Gasteiger partial charge >= 0.3 is 0 Å². The molecule has 5 heteroatoms. The highest BCUT2D eigenvalue weighted by atomic mass is 16.3. The van der Waals surface area contributed by atoms with Gasteiger partial charge in [-0.2, -0.15) is 5.26 Å². The van der Waals surface area contributed by atoms with Crippen LogP contribution in [0.25, 0.3) is 6.08 Å². The SMILES string of the molecule is CC(C)CN(C)C(C)CNC(=O)/C(C#N)=C/c1ccc(O)cc1. The molecule has 1 atom stereocenters. The second-order valence-electron chi connectivity index (χ2n) is 6.15. The second-order valence-corrected chi connectivity index (χ2v) is 6.15. The van der Waals surface area contributed by atoms with Crippen LogP contribution in [0.5, 0.6) is 5.75 Å². The first-order valence-corrected chi connectivity index (χ1v) is 7.72. The van der Waals surface area contributed by atoms with Crippen molar-refractivity contribution in [1.29, 1.82) is 5.26 Å². The third-order valence-corrected chi connectivity index (χ3v) is 3.53. The third-order valence-electron chi connectivity index (χ3n) is 3.53. The lowest BCUT2D eigenvalue weighted by Gasteiger charge is -2.26. The van der Waals surface area contributed by atoms with E-state index in [9.17, 15) is 9.90 Å². The minimum atomic E-state index is -0.384. The molecule has 0 saturated carbocycles. The maximum absolute atomic E-state index is 12.1. The van der Waals surface area contributed by atoms with E-state index in [1.54, 1.807) is 12.1 Å². The van der Waals surface area contributed by atoms with Gasteiger partial charge in [0, 0.05) is 19.1 Å². The number of carbonyl (C=O) groups excluding carboxylic acids is 1. The van der Waals surface area contributed by atoms with E-state index in [1.807, 2.05) is 20.0 Å². The zero-order valence-electron chi connectivity index (χ0n) is 14.2. The number of likely N-dealkylation sites (N-methyl/N-ethyl adjacent to an activating group) is 1. The smallest absolute Gasteiger partial charge is 0.262 e. The summed E-state index contributed by atoms with van der Waals surface area (Å²) in [6.07, 6.45) is 1.51. The summed E-state index contributed by atoms with van der Waals surface area (Å²) in [4.78, 5) is 14.3. The molecule has 1 aromatic carbocycles. The Morgan fingerprint density at radius 1 is 1.35 bits per heavy atom. The molecule has 0 aliphatic rings. The van der Waals surface area contributed by atoms with Crippen LogP contribution in [0.1, 0.15) is 26.3 Å². The number of amides is 1. The number of benzene rings is 1. The first-order chi connectivity index (χ1) is 10.8. The number of aromatic hydroxyl groups is 1. The molecule has 5 nitrogen and oxygen atoms in total. The van der Waals surface area contributed by atoms with E-state index in [2.05, 4.69) is 24.1 Å². The van der Waals surface area contributed by atoms with E-state index >= 15 is 0 Å². The Balaban J connectivity index is 2.64. The minimum absolute atomic E-state index is 0.0504. The van der Waals surface area contributed by atoms with Gasteiger partial charge in [0.2, 0.25) is 0 Å². The molecule has 0 heterocycles. The number of phenols is 1. The van der Waals surface area contributed by atoms with Gasteiger partial charge in [0.25, 0.3) is 5.91 Å².